The van der Waals surface area contributed by atoms with Crippen LogP contribution in [0.15, 0.2) is 42.5 Å². The van der Waals surface area contributed by atoms with Gasteiger partial charge in [-0.2, -0.15) is 5.10 Å². The number of carbonyl (C=O) groups is 1. The third-order valence-electron chi connectivity index (χ3n) is 3.77. The SMILES string of the molecule is COc1cccc(CCNC(=O)c2n[nH]c3ccc(C)cc23)c1. The fourth-order valence-electron chi connectivity index (χ4n) is 2.53. The number of hydrogen-bond donors (Lipinski definition) is 2. The van der Waals surface area contributed by atoms with Crippen molar-refractivity contribution < 1.29 is 9.53 Å². The number of amides is 1. The number of ether oxygens (including phenoxy) is 1. The normalized spacial score (nSPS) is 10.7. The van der Waals surface area contributed by atoms with Gasteiger partial charge in [-0.3, -0.25) is 9.89 Å². The minimum Gasteiger partial charge on any atom is -0.497 e. The molecule has 0 unspecified atom stereocenters. The lowest BCUT2D eigenvalue weighted by molar-refractivity contribution is 0.0950. The Kier molecular flexibility index (Phi) is 4.28. The molecule has 0 saturated carbocycles. The second-order valence-corrected chi connectivity index (χ2v) is 5.48. The second kappa shape index (κ2) is 6.52. The molecule has 0 saturated heterocycles. The first-order valence-corrected chi connectivity index (χ1v) is 7.53. The quantitative estimate of drug-likeness (QED) is 0.761. The van der Waals surface area contributed by atoms with Gasteiger partial charge in [0.1, 0.15) is 5.75 Å². The molecule has 3 aromatic rings. The Morgan fingerprint density at radius 2 is 2.13 bits per heavy atom. The van der Waals surface area contributed by atoms with E-state index in [4.69, 9.17) is 4.74 Å². The van der Waals surface area contributed by atoms with Crippen molar-refractivity contribution in [3.63, 3.8) is 0 Å². The van der Waals surface area contributed by atoms with Crippen LogP contribution in [0.4, 0.5) is 0 Å². The Balaban J connectivity index is 1.65. The lowest BCUT2D eigenvalue weighted by atomic mass is 10.1. The average molecular weight is 309 g/mol. The van der Waals surface area contributed by atoms with Gasteiger partial charge in [0.25, 0.3) is 5.91 Å². The van der Waals surface area contributed by atoms with Crippen molar-refractivity contribution in [1.29, 1.82) is 0 Å². The molecule has 118 valence electrons. The third kappa shape index (κ3) is 3.34. The minimum atomic E-state index is -0.162. The van der Waals surface area contributed by atoms with Crippen molar-refractivity contribution >= 4 is 16.8 Å². The summed E-state index contributed by atoms with van der Waals surface area (Å²) in [5.41, 5.74) is 3.53. The van der Waals surface area contributed by atoms with E-state index in [1.165, 1.54) is 0 Å². The first kappa shape index (κ1) is 15.1. The maximum atomic E-state index is 12.3. The second-order valence-electron chi connectivity index (χ2n) is 5.48. The molecule has 0 bridgehead atoms. The zero-order valence-electron chi connectivity index (χ0n) is 13.2. The maximum absolute atomic E-state index is 12.3. The largest absolute Gasteiger partial charge is 0.497 e. The number of rotatable bonds is 5. The molecule has 1 amide bonds. The summed E-state index contributed by atoms with van der Waals surface area (Å²) in [6, 6.07) is 13.7. The Labute approximate surface area is 134 Å². The standard InChI is InChI=1S/C18H19N3O2/c1-12-6-7-16-15(10-12)17(21-20-16)18(22)19-9-8-13-4-3-5-14(11-13)23-2/h3-7,10-11H,8-9H2,1-2H3,(H,19,22)(H,20,21). The lowest BCUT2D eigenvalue weighted by Crippen LogP contribution is -2.26. The molecule has 0 aliphatic rings. The summed E-state index contributed by atoms with van der Waals surface area (Å²) in [7, 11) is 1.64. The molecule has 0 radical (unpaired) electrons. The molecule has 5 heteroatoms. The number of H-pyrrole nitrogens is 1. The Morgan fingerprint density at radius 3 is 2.96 bits per heavy atom. The van der Waals surface area contributed by atoms with E-state index in [0.717, 1.165) is 34.2 Å². The Morgan fingerprint density at radius 1 is 1.26 bits per heavy atom. The number of benzene rings is 2. The van der Waals surface area contributed by atoms with Crippen LogP contribution in [-0.4, -0.2) is 29.8 Å². The van der Waals surface area contributed by atoms with Crippen LogP contribution in [0.3, 0.4) is 0 Å². The first-order valence-electron chi connectivity index (χ1n) is 7.53. The number of nitrogens with one attached hydrogen (secondary N) is 2. The third-order valence-corrected chi connectivity index (χ3v) is 3.77. The van der Waals surface area contributed by atoms with E-state index in [1.807, 2.05) is 49.4 Å². The van der Waals surface area contributed by atoms with Crippen LogP contribution in [0.1, 0.15) is 21.6 Å². The van der Waals surface area contributed by atoms with Crippen LogP contribution in [0, 0.1) is 6.92 Å². The Bertz CT molecular complexity index is 839. The van der Waals surface area contributed by atoms with E-state index >= 15 is 0 Å². The van der Waals surface area contributed by atoms with Crippen LogP contribution < -0.4 is 10.1 Å². The summed E-state index contributed by atoms with van der Waals surface area (Å²) < 4.78 is 5.20. The molecular weight excluding hydrogens is 290 g/mol. The molecule has 0 fully saturated rings. The fraction of sp³-hybridized carbons (Fsp3) is 0.222. The van der Waals surface area contributed by atoms with Gasteiger partial charge in [-0.1, -0.05) is 23.8 Å². The summed E-state index contributed by atoms with van der Waals surface area (Å²) in [4.78, 5) is 12.3. The molecule has 3 rings (SSSR count). The topological polar surface area (TPSA) is 67.0 Å². The van der Waals surface area contributed by atoms with Crippen LogP contribution in [0.5, 0.6) is 5.75 Å². The molecule has 0 spiro atoms. The van der Waals surface area contributed by atoms with Gasteiger partial charge in [0.05, 0.1) is 12.6 Å². The zero-order chi connectivity index (χ0) is 16.2. The molecular formula is C18H19N3O2. The zero-order valence-corrected chi connectivity index (χ0v) is 13.2. The highest BCUT2D eigenvalue weighted by Crippen LogP contribution is 2.17. The highest BCUT2D eigenvalue weighted by molar-refractivity contribution is 6.04. The molecule has 1 heterocycles. The summed E-state index contributed by atoms with van der Waals surface area (Å²) in [6.07, 6.45) is 0.740. The fourth-order valence-corrected chi connectivity index (χ4v) is 2.53. The molecule has 0 atom stereocenters. The summed E-state index contributed by atoms with van der Waals surface area (Å²) in [6.45, 7) is 2.54. The predicted octanol–water partition coefficient (Wildman–Crippen LogP) is 2.85. The monoisotopic (exact) mass is 309 g/mol. The van der Waals surface area contributed by atoms with E-state index in [-0.39, 0.29) is 5.91 Å². The maximum Gasteiger partial charge on any atom is 0.272 e. The van der Waals surface area contributed by atoms with Gasteiger partial charge in [0, 0.05) is 11.9 Å². The van der Waals surface area contributed by atoms with Gasteiger partial charge < -0.3 is 10.1 Å². The first-order chi connectivity index (χ1) is 11.2. The Hall–Kier alpha value is -2.82. The van der Waals surface area contributed by atoms with E-state index in [1.54, 1.807) is 7.11 Å². The van der Waals surface area contributed by atoms with Crippen molar-refractivity contribution in [2.24, 2.45) is 0 Å². The highest BCUT2D eigenvalue weighted by Gasteiger charge is 2.13. The lowest BCUT2D eigenvalue weighted by Gasteiger charge is -2.06. The molecule has 2 aromatic carbocycles. The van der Waals surface area contributed by atoms with Crippen molar-refractivity contribution in [3.05, 3.63) is 59.3 Å². The number of aromatic nitrogens is 2. The summed E-state index contributed by atoms with van der Waals surface area (Å²) in [5.74, 6) is 0.660. The molecule has 2 N–H and O–H groups in total. The van der Waals surface area contributed by atoms with Crippen LogP contribution in [0.25, 0.3) is 10.9 Å². The number of hydrogen-bond acceptors (Lipinski definition) is 3. The summed E-state index contributed by atoms with van der Waals surface area (Å²) in [5, 5.41) is 10.8. The average Bonchev–Trinajstić information content (AvgIpc) is 2.98. The molecule has 0 aliphatic heterocycles. The van der Waals surface area contributed by atoms with E-state index in [9.17, 15) is 4.79 Å². The molecule has 23 heavy (non-hydrogen) atoms. The van der Waals surface area contributed by atoms with Gasteiger partial charge >= 0.3 is 0 Å². The number of fused-ring (bicyclic) bond motifs is 1. The van der Waals surface area contributed by atoms with E-state index in [0.29, 0.717) is 12.2 Å². The number of methoxy groups -OCH3 is 1. The number of aryl methyl sites for hydroxylation is 1. The summed E-state index contributed by atoms with van der Waals surface area (Å²) >= 11 is 0. The van der Waals surface area contributed by atoms with Crippen molar-refractivity contribution in [2.75, 3.05) is 13.7 Å². The van der Waals surface area contributed by atoms with Gasteiger partial charge in [0.15, 0.2) is 5.69 Å². The number of nitrogens with zero attached hydrogens (tertiary/aromatic N) is 1. The van der Waals surface area contributed by atoms with E-state index < -0.39 is 0 Å². The van der Waals surface area contributed by atoms with Crippen molar-refractivity contribution in [1.82, 2.24) is 15.5 Å². The van der Waals surface area contributed by atoms with E-state index in [2.05, 4.69) is 15.5 Å². The number of carbonyl (C=O) groups excluding carboxylic acids is 1. The predicted molar refractivity (Wildman–Crippen MR) is 89.9 cm³/mol. The van der Waals surface area contributed by atoms with Crippen LogP contribution in [-0.2, 0) is 6.42 Å². The van der Waals surface area contributed by atoms with Crippen LogP contribution in [0.2, 0.25) is 0 Å². The molecule has 0 aliphatic carbocycles. The van der Waals surface area contributed by atoms with Crippen LogP contribution >= 0.6 is 0 Å². The van der Waals surface area contributed by atoms with Gasteiger partial charge in [-0.25, -0.2) is 0 Å². The van der Waals surface area contributed by atoms with Gasteiger partial charge in [0.2, 0.25) is 0 Å². The highest BCUT2D eigenvalue weighted by atomic mass is 16.5. The van der Waals surface area contributed by atoms with Gasteiger partial charge in [-0.15, -0.1) is 0 Å². The van der Waals surface area contributed by atoms with Crippen molar-refractivity contribution in [3.8, 4) is 5.75 Å². The minimum absolute atomic E-state index is 0.162. The molecule has 5 nitrogen and oxygen atoms in total. The smallest absolute Gasteiger partial charge is 0.272 e. The molecule has 1 aromatic heterocycles. The van der Waals surface area contributed by atoms with Crippen molar-refractivity contribution in [2.45, 2.75) is 13.3 Å². The van der Waals surface area contributed by atoms with Gasteiger partial charge in [-0.05, 0) is 43.2 Å². The number of aromatic amines is 1.